The lowest BCUT2D eigenvalue weighted by Gasteiger charge is -2.47. The van der Waals surface area contributed by atoms with E-state index in [1.54, 1.807) is 0 Å². The van der Waals surface area contributed by atoms with E-state index in [0.29, 0.717) is 0 Å². The van der Waals surface area contributed by atoms with Crippen LogP contribution in [0.4, 0.5) is 45.5 Å². The van der Waals surface area contributed by atoms with E-state index in [2.05, 4.69) is 299 Å². The van der Waals surface area contributed by atoms with Crippen LogP contribution in [0.15, 0.2) is 162 Å². The predicted octanol–water partition coefficient (Wildman–Crippen LogP) is 19.5. The molecule has 0 N–H and O–H groups in total. The summed E-state index contributed by atoms with van der Waals surface area (Å²) in [6.45, 7) is 47.4. The van der Waals surface area contributed by atoms with Crippen LogP contribution >= 0.6 is 0 Å². The molecule has 4 heteroatoms. The second-order valence-electron chi connectivity index (χ2n) is 29.6. The Kier molecular flexibility index (Phi) is 12.2. The van der Waals surface area contributed by atoms with Crippen molar-refractivity contribution >= 4 is 68.7 Å². The van der Waals surface area contributed by atoms with Crippen molar-refractivity contribution in [2.75, 3.05) is 14.7 Å². The molecule has 0 saturated heterocycles. The van der Waals surface area contributed by atoms with Gasteiger partial charge >= 0.3 is 0 Å². The molecule has 0 saturated carbocycles. The molecule has 4 aliphatic rings. The maximum absolute atomic E-state index is 2.72. The molecule has 3 nitrogen and oxygen atoms in total. The first-order chi connectivity index (χ1) is 36.3. The van der Waals surface area contributed by atoms with Gasteiger partial charge in [0.05, 0.1) is 5.69 Å². The third-order valence-corrected chi connectivity index (χ3v) is 19.1. The summed E-state index contributed by atoms with van der Waals surface area (Å²) in [5, 5.41) is 0. The van der Waals surface area contributed by atoms with Gasteiger partial charge in [0, 0.05) is 56.5 Å². The smallest absolute Gasteiger partial charge is 0.248 e. The van der Waals surface area contributed by atoms with E-state index >= 15 is 0 Å². The molecule has 0 spiro atoms. The van der Waals surface area contributed by atoms with Crippen molar-refractivity contribution in [3.05, 3.63) is 207 Å². The molecule has 0 atom stereocenters. The summed E-state index contributed by atoms with van der Waals surface area (Å²) in [5.41, 5.74) is 28.8. The Hall–Kier alpha value is -6.52. The average molecular weight is 1030 g/mol. The summed E-state index contributed by atoms with van der Waals surface area (Å²) < 4.78 is 0. The number of hydrogen-bond acceptors (Lipinski definition) is 3. The molecule has 78 heavy (non-hydrogen) atoms. The van der Waals surface area contributed by atoms with E-state index in [1.807, 2.05) is 0 Å². The minimum absolute atomic E-state index is 0.000819. The second kappa shape index (κ2) is 17.7. The van der Waals surface area contributed by atoms with Gasteiger partial charge in [0.15, 0.2) is 0 Å². The number of rotatable bonds is 6. The van der Waals surface area contributed by atoms with Gasteiger partial charge in [-0.15, -0.1) is 0 Å². The van der Waals surface area contributed by atoms with E-state index in [0.717, 1.165) is 23.5 Å². The SMILES string of the molecule is Cc1c(C(C)(C)C(C)(C)C)ccc2c1B1C3=C(C4=C(C3)C(C)(C)c3ccccc34)N(c3ccc(C(C)(C)C)cc3)c3cc(N(c4ccc(C(C)(C)C)cc4)c4ccc(C(C)(C)C)cc4)cc(c31)N2c1ccc(C(C)(C)C)cc1. The molecule has 2 aliphatic carbocycles. The van der Waals surface area contributed by atoms with Crippen molar-refractivity contribution in [2.24, 2.45) is 5.41 Å². The molecular formula is C74H86BN3. The standard InChI is InChI=1S/C74H86BN3/c1-46-57(74(19,20)72(14,15)16)41-42-61-65(46)75-60-45-59-64(56-23-21-22-24-58(56)73(59,17)18)67(60)78(54-39-31-50(32-40-54)71(11,12)13)63-44-55(43-62(66(63)75)77(61)53-37-29-49(30-38-53)70(8,9)10)76(51-33-25-47(26-34-51)68(2,3)4)52-35-27-48(28-36-52)69(5,6)7/h21-44H,45H2,1-20H3. The van der Waals surface area contributed by atoms with Crippen LogP contribution in [0.1, 0.15) is 182 Å². The maximum atomic E-state index is 2.72. The highest BCUT2D eigenvalue weighted by atomic mass is 15.2. The van der Waals surface area contributed by atoms with Gasteiger partial charge in [-0.3, -0.25) is 0 Å². The highest BCUT2D eigenvalue weighted by molar-refractivity contribution is 6.95. The van der Waals surface area contributed by atoms with E-state index in [9.17, 15) is 0 Å². The first-order valence-corrected chi connectivity index (χ1v) is 29.0. The van der Waals surface area contributed by atoms with E-state index in [-0.39, 0.29) is 44.6 Å². The average Bonchev–Trinajstić information content (AvgIpc) is 4.05. The number of benzene rings is 7. The molecule has 0 unspecified atom stereocenters. The Morgan fingerprint density at radius 3 is 1.36 bits per heavy atom. The van der Waals surface area contributed by atoms with Crippen LogP contribution in [-0.2, 0) is 32.5 Å². The topological polar surface area (TPSA) is 9.72 Å². The Morgan fingerprint density at radius 1 is 0.462 bits per heavy atom. The first-order valence-electron chi connectivity index (χ1n) is 29.0. The van der Waals surface area contributed by atoms with E-state index in [1.165, 1.54) is 106 Å². The lowest BCUT2D eigenvalue weighted by atomic mass is 9.31. The van der Waals surface area contributed by atoms with Gasteiger partial charge in [0.2, 0.25) is 6.71 Å². The Labute approximate surface area is 470 Å². The fourth-order valence-corrected chi connectivity index (χ4v) is 13.3. The van der Waals surface area contributed by atoms with Crippen molar-refractivity contribution in [1.29, 1.82) is 0 Å². The highest BCUT2D eigenvalue weighted by Crippen LogP contribution is 2.61. The van der Waals surface area contributed by atoms with Crippen molar-refractivity contribution in [2.45, 2.75) is 177 Å². The molecule has 400 valence electrons. The van der Waals surface area contributed by atoms with Gasteiger partial charge in [-0.05, 0) is 174 Å². The van der Waals surface area contributed by atoms with Crippen molar-refractivity contribution in [3.63, 3.8) is 0 Å². The fourth-order valence-electron chi connectivity index (χ4n) is 13.3. The van der Waals surface area contributed by atoms with Gasteiger partial charge in [-0.2, -0.15) is 0 Å². The van der Waals surface area contributed by atoms with Crippen LogP contribution in [0.5, 0.6) is 0 Å². The number of nitrogens with zero attached hydrogens (tertiary/aromatic N) is 3. The molecular weight excluding hydrogens is 942 g/mol. The molecule has 7 aromatic carbocycles. The predicted molar refractivity (Wildman–Crippen MR) is 339 cm³/mol. The molecule has 2 heterocycles. The number of anilines is 8. The van der Waals surface area contributed by atoms with Gasteiger partial charge < -0.3 is 14.7 Å². The van der Waals surface area contributed by atoms with Crippen molar-refractivity contribution in [1.82, 2.24) is 0 Å². The van der Waals surface area contributed by atoms with Gasteiger partial charge in [0.1, 0.15) is 0 Å². The van der Waals surface area contributed by atoms with Crippen molar-refractivity contribution in [3.8, 4) is 0 Å². The third-order valence-electron chi connectivity index (χ3n) is 19.1. The van der Waals surface area contributed by atoms with Gasteiger partial charge in [-0.1, -0.05) is 216 Å². The summed E-state index contributed by atoms with van der Waals surface area (Å²) in [6.07, 6.45) is 0.909. The Balaban J connectivity index is 1.30. The minimum atomic E-state index is -0.149. The molecule has 7 aromatic rings. The maximum Gasteiger partial charge on any atom is 0.248 e. The molecule has 0 fully saturated rings. The minimum Gasteiger partial charge on any atom is -0.311 e. The van der Waals surface area contributed by atoms with Crippen LogP contribution in [0.25, 0.3) is 5.57 Å². The molecule has 0 aromatic heterocycles. The largest absolute Gasteiger partial charge is 0.311 e. The van der Waals surface area contributed by atoms with Crippen LogP contribution < -0.4 is 25.6 Å². The summed E-state index contributed by atoms with van der Waals surface area (Å²) in [6, 6.07) is 57.3. The molecule has 11 rings (SSSR count). The molecule has 2 aliphatic heterocycles. The van der Waals surface area contributed by atoms with Crippen LogP contribution in [0.3, 0.4) is 0 Å². The van der Waals surface area contributed by atoms with Gasteiger partial charge in [0.25, 0.3) is 0 Å². The lowest BCUT2D eigenvalue weighted by Crippen LogP contribution is -2.57. The highest BCUT2D eigenvalue weighted by Gasteiger charge is 2.53. The normalized spacial score (nSPS) is 16.1. The molecule has 0 amide bonds. The summed E-state index contributed by atoms with van der Waals surface area (Å²) in [5.74, 6) is 0. The van der Waals surface area contributed by atoms with Crippen LogP contribution in [0.2, 0.25) is 0 Å². The zero-order valence-electron chi connectivity index (χ0n) is 51.0. The number of fused-ring (bicyclic) bond motifs is 6. The molecule has 0 radical (unpaired) electrons. The van der Waals surface area contributed by atoms with E-state index < -0.39 is 0 Å². The fraction of sp³-hybridized carbons (Fsp3) is 0.378. The number of allylic oxidation sites excluding steroid dienone is 3. The second-order valence-corrected chi connectivity index (χ2v) is 29.6. The monoisotopic (exact) mass is 1030 g/mol. The summed E-state index contributed by atoms with van der Waals surface area (Å²) >= 11 is 0. The van der Waals surface area contributed by atoms with Gasteiger partial charge in [-0.25, -0.2) is 0 Å². The van der Waals surface area contributed by atoms with Crippen molar-refractivity contribution < 1.29 is 0 Å². The first kappa shape index (κ1) is 53.5. The van der Waals surface area contributed by atoms with Crippen LogP contribution in [0, 0.1) is 12.3 Å². The van der Waals surface area contributed by atoms with E-state index in [4.69, 9.17) is 0 Å². The summed E-state index contributed by atoms with van der Waals surface area (Å²) in [4.78, 5) is 7.89. The quantitative estimate of drug-likeness (QED) is 0.154. The lowest BCUT2D eigenvalue weighted by molar-refractivity contribution is 0.224. The molecule has 0 bridgehead atoms. The zero-order valence-corrected chi connectivity index (χ0v) is 51.0. The Morgan fingerprint density at radius 2 is 0.897 bits per heavy atom. The summed E-state index contributed by atoms with van der Waals surface area (Å²) in [7, 11) is 0. The third kappa shape index (κ3) is 8.44. The Bertz CT molecular complexity index is 3530. The zero-order chi connectivity index (χ0) is 56.2. The number of hydrogen-bond donors (Lipinski definition) is 0. The van der Waals surface area contributed by atoms with Crippen LogP contribution in [-0.4, -0.2) is 6.71 Å².